The van der Waals surface area contributed by atoms with E-state index in [9.17, 15) is 0 Å². The van der Waals surface area contributed by atoms with Gasteiger partial charge in [0.15, 0.2) is 5.82 Å². The van der Waals surface area contributed by atoms with Crippen LogP contribution in [0.25, 0.3) is 0 Å². The topological polar surface area (TPSA) is 54.2 Å². The van der Waals surface area contributed by atoms with Crippen LogP contribution < -0.4 is 5.32 Å². The molecule has 15 heavy (non-hydrogen) atoms. The minimum Gasteiger partial charge on any atom is -0.338 e. The van der Waals surface area contributed by atoms with E-state index in [1.807, 2.05) is 21.0 Å². The summed E-state index contributed by atoms with van der Waals surface area (Å²) in [7, 11) is 4.06. The van der Waals surface area contributed by atoms with Crippen LogP contribution in [0.5, 0.6) is 0 Å². The zero-order valence-electron chi connectivity index (χ0n) is 9.95. The summed E-state index contributed by atoms with van der Waals surface area (Å²) in [5, 5.41) is 7.17. The second-order valence-corrected chi connectivity index (χ2v) is 3.88. The summed E-state index contributed by atoms with van der Waals surface area (Å²) >= 11 is 0. The van der Waals surface area contributed by atoms with Crippen molar-refractivity contribution in [2.45, 2.75) is 26.3 Å². The highest BCUT2D eigenvalue weighted by Crippen LogP contribution is 2.09. The van der Waals surface area contributed by atoms with Gasteiger partial charge in [-0.1, -0.05) is 12.1 Å². The molecule has 0 bridgehead atoms. The van der Waals surface area contributed by atoms with Crippen molar-refractivity contribution in [3.8, 4) is 0 Å². The number of likely N-dealkylation sites (N-methyl/N-ethyl adjacent to an activating group) is 1. The molecule has 0 saturated carbocycles. The lowest BCUT2D eigenvalue weighted by atomic mass is 10.3. The lowest BCUT2D eigenvalue weighted by Gasteiger charge is -2.06. The molecule has 0 fully saturated rings. The van der Waals surface area contributed by atoms with Crippen LogP contribution in [0, 0.1) is 0 Å². The van der Waals surface area contributed by atoms with E-state index < -0.39 is 0 Å². The molecule has 1 rings (SSSR count). The summed E-state index contributed by atoms with van der Waals surface area (Å²) in [6.07, 6.45) is 0.829. The maximum atomic E-state index is 5.17. The highest BCUT2D eigenvalue weighted by molar-refractivity contribution is 4.91. The van der Waals surface area contributed by atoms with Crippen molar-refractivity contribution in [3.05, 3.63) is 11.7 Å². The van der Waals surface area contributed by atoms with Gasteiger partial charge in [-0.3, -0.25) is 0 Å². The first-order chi connectivity index (χ1) is 7.13. The fourth-order valence-electron chi connectivity index (χ4n) is 1.26. The summed E-state index contributed by atoms with van der Waals surface area (Å²) in [6, 6.07) is 0.135. The largest absolute Gasteiger partial charge is 0.338 e. The number of aromatic nitrogens is 2. The van der Waals surface area contributed by atoms with E-state index >= 15 is 0 Å². The molecule has 86 valence electrons. The predicted octanol–water partition coefficient (Wildman–Crippen LogP) is 0.844. The van der Waals surface area contributed by atoms with Crippen LogP contribution in [0.4, 0.5) is 0 Å². The molecule has 0 aliphatic rings. The van der Waals surface area contributed by atoms with Gasteiger partial charge in [0, 0.05) is 13.0 Å². The Kier molecular flexibility index (Phi) is 4.71. The summed E-state index contributed by atoms with van der Waals surface area (Å²) in [5.74, 6) is 1.45. The van der Waals surface area contributed by atoms with Crippen LogP contribution in [-0.4, -0.2) is 42.2 Å². The van der Waals surface area contributed by atoms with Crippen LogP contribution in [0.15, 0.2) is 4.52 Å². The first kappa shape index (κ1) is 12.1. The van der Waals surface area contributed by atoms with E-state index in [4.69, 9.17) is 4.52 Å². The van der Waals surface area contributed by atoms with Gasteiger partial charge in [-0.2, -0.15) is 4.98 Å². The Morgan fingerprint density at radius 2 is 2.20 bits per heavy atom. The van der Waals surface area contributed by atoms with Crippen LogP contribution in [0.3, 0.4) is 0 Å². The SMILES string of the molecule is CCNC(C)c1nc(CCN(C)C)no1. The van der Waals surface area contributed by atoms with E-state index in [-0.39, 0.29) is 6.04 Å². The Hall–Kier alpha value is -0.940. The van der Waals surface area contributed by atoms with Gasteiger partial charge < -0.3 is 14.7 Å². The summed E-state index contributed by atoms with van der Waals surface area (Å²) in [5.41, 5.74) is 0. The molecule has 5 nitrogen and oxygen atoms in total. The van der Waals surface area contributed by atoms with Crippen molar-refractivity contribution in [2.75, 3.05) is 27.2 Å². The summed E-state index contributed by atoms with van der Waals surface area (Å²) in [6.45, 7) is 5.91. The molecule has 1 aromatic heterocycles. The highest BCUT2D eigenvalue weighted by Gasteiger charge is 2.12. The van der Waals surface area contributed by atoms with Gasteiger partial charge in [-0.15, -0.1) is 0 Å². The van der Waals surface area contributed by atoms with E-state index in [0.29, 0.717) is 5.89 Å². The smallest absolute Gasteiger partial charge is 0.243 e. The molecule has 0 amide bonds. The van der Waals surface area contributed by atoms with Gasteiger partial charge in [-0.05, 0) is 27.6 Å². The third kappa shape index (κ3) is 3.97. The minimum atomic E-state index is 0.135. The molecule has 0 aromatic carbocycles. The lowest BCUT2D eigenvalue weighted by Crippen LogP contribution is -2.18. The molecule has 0 spiro atoms. The normalized spacial score (nSPS) is 13.4. The average Bonchev–Trinajstić information content (AvgIpc) is 2.63. The van der Waals surface area contributed by atoms with Crippen LogP contribution in [-0.2, 0) is 6.42 Å². The van der Waals surface area contributed by atoms with Crippen LogP contribution in [0.2, 0.25) is 0 Å². The molecule has 1 N–H and O–H groups in total. The van der Waals surface area contributed by atoms with Crippen molar-refractivity contribution >= 4 is 0 Å². The second kappa shape index (κ2) is 5.82. The van der Waals surface area contributed by atoms with Crippen molar-refractivity contribution in [1.82, 2.24) is 20.4 Å². The molecule has 1 atom stereocenters. The van der Waals surface area contributed by atoms with Crippen molar-refractivity contribution < 1.29 is 4.52 Å². The summed E-state index contributed by atoms with van der Waals surface area (Å²) in [4.78, 5) is 6.43. The zero-order valence-corrected chi connectivity index (χ0v) is 9.95. The minimum absolute atomic E-state index is 0.135. The molecular formula is C10H20N4O. The van der Waals surface area contributed by atoms with Gasteiger partial charge in [0.25, 0.3) is 0 Å². The fourth-order valence-corrected chi connectivity index (χ4v) is 1.26. The maximum Gasteiger partial charge on any atom is 0.243 e. The maximum absolute atomic E-state index is 5.17. The molecule has 1 unspecified atom stereocenters. The average molecular weight is 212 g/mol. The molecule has 0 aliphatic heterocycles. The third-order valence-electron chi connectivity index (χ3n) is 2.15. The Balaban J connectivity index is 2.48. The Labute approximate surface area is 90.8 Å². The molecule has 5 heteroatoms. The van der Waals surface area contributed by atoms with Crippen molar-refractivity contribution in [2.24, 2.45) is 0 Å². The van der Waals surface area contributed by atoms with Gasteiger partial charge in [0.05, 0.1) is 6.04 Å². The van der Waals surface area contributed by atoms with Crippen LogP contribution in [0.1, 0.15) is 31.6 Å². The molecule has 0 saturated heterocycles. The molecule has 1 aromatic rings. The molecule has 0 aliphatic carbocycles. The number of nitrogens with zero attached hydrogens (tertiary/aromatic N) is 3. The Morgan fingerprint density at radius 1 is 1.47 bits per heavy atom. The zero-order chi connectivity index (χ0) is 11.3. The van der Waals surface area contributed by atoms with Gasteiger partial charge in [0.1, 0.15) is 0 Å². The van der Waals surface area contributed by atoms with E-state index in [0.717, 1.165) is 25.3 Å². The molecule has 1 heterocycles. The number of rotatable bonds is 6. The number of hydrogen-bond donors (Lipinski definition) is 1. The van der Waals surface area contributed by atoms with Crippen LogP contribution >= 0.6 is 0 Å². The van der Waals surface area contributed by atoms with E-state index in [2.05, 4.69) is 27.3 Å². The number of hydrogen-bond acceptors (Lipinski definition) is 5. The van der Waals surface area contributed by atoms with Gasteiger partial charge in [0.2, 0.25) is 5.89 Å². The highest BCUT2D eigenvalue weighted by atomic mass is 16.5. The van der Waals surface area contributed by atoms with Gasteiger partial charge in [-0.25, -0.2) is 0 Å². The van der Waals surface area contributed by atoms with Crippen molar-refractivity contribution in [3.63, 3.8) is 0 Å². The lowest BCUT2D eigenvalue weighted by molar-refractivity contribution is 0.336. The third-order valence-corrected chi connectivity index (χ3v) is 2.15. The molecule has 0 radical (unpaired) electrons. The van der Waals surface area contributed by atoms with Crippen molar-refractivity contribution in [1.29, 1.82) is 0 Å². The van der Waals surface area contributed by atoms with Gasteiger partial charge >= 0.3 is 0 Å². The second-order valence-electron chi connectivity index (χ2n) is 3.88. The predicted molar refractivity (Wildman–Crippen MR) is 58.6 cm³/mol. The Morgan fingerprint density at radius 3 is 2.80 bits per heavy atom. The first-order valence-corrected chi connectivity index (χ1v) is 5.34. The quantitative estimate of drug-likeness (QED) is 0.757. The number of nitrogens with one attached hydrogen (secondary N) is 1. The fraction of sp³-hybridized carbons (Fsp3) is 0.800. The molecular weight excluding hydrogens is 192 g/mol. The van der Waals surface area contributed by atoms with E-state index in [1.54, 1.807) is 0 Å². The first-order valence-electron chi connectivity index (χ1n) is 5.34. The van der Waals surface area contributed by atoms with E-state index in [1.165, 1.54) is 0 Å². The summed E-state index contributed by atoms with van der Waals surface area (Å²) < 4.78 is 5.17. The standard InChI is InChI=1S/C10H20N4O/c1-5-11-8(2)10-12-9(13-15-10)6-7-14(3)4/h8,11H,5-7H2,1-4H3. The Bertz CT molecular complexity index is 285. The monoisotopic (exact) mass is 212 g/mol.